The zero-order chi connectivity index (χ0) is 17.0. The van der Waals surface area contributed by atoms with Crippen LogP contribution in [0.15, 0.2) is 36.4 Å². The molecule has 2 aromatic rings. The van der Waals surface area contributed by atoms with E-state index in [1.807, 2.05) is 0 Å². The summed E-state index contributed by atoms with van der Waals surface area (Å²) in [6, 6.07) is 9.10. The van der Waals surface area contributed by atoms with Crippen molar-refractivity contribution >= 4 is 29.1 Å². The predicted molar refractivity (Wildman–Crippen MR) is 87.5 cm³/mol. The first-order chi connectivity index (χ1) is 11.0. The Bertz CT molecular complexity index is 744. The van der Waals surface area contributed by atoms with Crippen molar-refractivity contribution in [3.8, 4) is 11.5 Å². The van der Waals surface area contributed by atoms with Gasteiger partial charge in [0, 0.05) is 23.3 Å². The van der Waals surface area contributed by atoms with Crippen molar-refractivity contribution in [2.24, 2.45) is 5.73 Å². The maximum absolute atomic E-state index is 12.3. The molecule has 0 radical (unpaired) electrons. The van der Waals surface area contributed by atoms with Gasteiger partial charge in [-0.1, -0.05) is 11.6 Å². The number of carbonyl (C=O) groups is 2. The Morgan fingerprint density at radius 2 is 1.57 bits per heavy atom. The maximum Gasteiger partial charge on any atom is 0.255 e. The van der Waals surface area contributed by atoms with E-state index in [2.05, 4.69) is 5.32 Å². The van der Waals surface area contributed by atoms with E-state index in [1.54, 1.807) is 12.1 Å². The highest BCUT2D eigenvalue weighted by atomic mass is 35.5. The number of nitrogens with two attached hydrogens (primary N) is 1. The SMILES string of the molecule is COc1cc(NC(=O)c2ccc(C(N)=O)cc2)c(OC)cc1Cl. The van der Waals surface area contributed by atoms with Gasteiger partial charge in [0.2, 0.25) is 5.91 Å². The molecule has 0 unspecified atom stereocenters. The van der Waals surface area contributed by atoms with Gasteiger partial charge in [-0.3, -0.25) is 9.59 Å². The first-order valence-electron chi connectivity index (χ1n) is 6.59. The van der Waals surface area contributed by atoms with Crippen LogP contribution in [0.4, 0.5) is 5.69 Å². The van der Waals surface area contributed by atoms with Crippen LogP contribution in [0.5, 0.6) is 11.5 Å². The summed E-state index contributed by atoms with van der Waals surface area (Å²) in [6.45, 7) is 0. The Labute approximate surface area is 138 Å². The van der Waals surface area contributed by atoms with Crippen LogP contribution in [0.1, 0.15) is 20.7 Å². The summed E-state index contributed by atoms with van der Waals surface area (Å²) in [7, 11) is 2.94. The Hall–Kier alpha value is -2.73. The third-order valence-corrected chi connectivity index (χ3v) is 3.45. The lowest BCUT2D eigenvalue weighted by Crippen LogP contribution is -2.14. The van der Waals surface area contributed by atoms with Crippen molar-refractivity contribution in [2.75, 3.05) is 19.5 Å². The molecule has 0 heterocycles. The van der Waals surface area contributed by atoms with Gasteiger partial charge in [0.1, 0.15) is 11.5 Å². The summed E-state index contributed by atoms with van der Waals surface area (Å²) in [5.74, 6) is -0.116. The van der Waals surface area contributed by atoms with Crippen LogP contribution >= 0.6 is 11.6 Å². The molecule has 0 saturated heterocycles. The summed E-state index contributed by atoms with van der Waals surface area (Å²) in [5.41, 5.74) is 6.27. The van der Waals surface area contributed by atoms with E-state index in [0.717, 1.165) is 0 Å². The number of ether oxygens (including phenoxy) is 2. The van der Waals surface area contributed by atoms with Gasteiger partial charge >= 0.3 is 0 Å². The van der Waals surface area contributed by atoms with Crippen molar-refractivity contribution in [2.45, 2.75) is 0 Å². The molecule has 0 aliphatic rings. The Kier molecular flexibility index (Phi) is 5.08. The van der Waals surface area contributed by atoms with Gasteiger partial charge in [-0.05, 0) is 24.3 Å². The number of carbonyl (C=O) groups excluding carboxylic acids is 2. The van der Waals surface area contributed by atoms with Crippen LogP contribution in [0.3, 0.4) is 0 Å². The molecule has 0 aromatic heterocycles. The van der Waals surface area contributed by atoms with Crippen LogP contribution in [-0.4, -0.2) is 26.0 Å². The lowest BCUT2D eigenvalue weighted by Gasteiger charge is -2.13. The van der Waals surface area contributed by atoms with E-state index in [-0.39, 0.29) is 5.91 Å². The van der Waals surface area contributed by atoms with Crippen LogP contribution in [-0.2, 0) is 0 Å². The topological polar surface area (TPSA) is 90.6 Å². The Morgan fingerprint density at radius 3 is 2.09 bits per heavy atom. The number of benzene rings is 2. The molecule has 0 bridgehead atoms. The summed E-state index contributed by atoms with van der Waals surface area (Å²) in [6.07, 6.45) is 0. The van der Waals surface area contributed by atoms with Crippen LogP contribution in [0.2, 0.25) is 5.02 Å². The fraction of sp³-hybridized carbons (Fsp3) is 0.125. The average Bonchev–Trinajstić information content (AvgIpc) is 2.55. The second kappa shape index (κ2) is 7.02. The zero-order valence-electron chi connectivity index (χ0n) is 12.6. The standard InChI is InChI=1S/C16H15ClN2O4/c1-22-13-8-12(14(23-2)7-11(13)17)19-16(21)10-5-3-9(4-6-10)15(18)20/h3-8H,1-2H3,(H2,18,20)(H,19,21). The molecule has 6 nitrogen and oxygen atoms in total. The monoisotopic (exact) mass is 334 g/mol. The predicted octanol–water partition coefficient (Wildman–Crippen LogP) is 2.71. The lowest BCUT2D eigenvalue weighted by atomic mass is 10.1. The largest absolute Gasteiger partial charge is 0.495 e. The van der Waals surface area contributed by atoms with Gasteiger partial charge in [0.25, 0.3) is 5.91 Å². The average molecular weight is 335 g/mol. The second-order valence-electron chi connectivity index (χ2n) is 4.58. The van der Waals surface area contributed by atoms with Gasteiger partial charge in [-0.2, -0.15) is 0 Å². The molecule has 0 atom stereocenters. The van der Waals surface area contributed by atoms with Gasteiger partial charge in [-0.15, -0.1) is 0 Å². The fourth-order valence-corrected chi connectivity index (χ4v) is 2.17. The highest BCUT2D eigenvalue weighted by Crippen LogP contribution is 2.36. The van der Waals surface area contributed by atoms with Crippen LogP contribution in [0.25, 0.3) is 0 Å². The van der Waals surface area contributed by atoms with Gasteiger partial charge in [-0.25, -0.2) is 0 Å². The normalized spacial score (nSPS) is 10.0. The first kappa shape index (κ1) is 16.6. The smallest absolute Gasteiger partial charge is 0.255 e. The molecular weight excluding hydrogens is 320 g/mol. The molecule has 3 N–H and O–H groups in total. The van der Waals surface area contributed by atoms with Gasteiger partial charge < -0.3 is 20.5 Å². The molecule has 2 rings (SSSR count). The summed E-state index contributed by atoms with van der Waals surface area (Å²) < 4.78 is 10.3. The maximum atomic E-state index is 12.3. The second-order valence-corrected chi connectivity index (χ2v) is 4.99. The number of nitrogens with one attached hydrogen (secondary N) is 1. The number of rotatable bonds is 5. The van der Waals surface area contributed by atoms with E-state index in [4.69, 9.17) is 26.8 Å². The number of hydrogen-bond donors (Lipinski definition) is 2. The minimum Gasteiger partial charge on any atom is -0.495 e. The van der Waals surface area contributed by atoms with Gasteiger partial charge in [0.15, 0.2) is 0 Å². The van der Waals surface area contributed by atoms with Crippen LogP contribution < -0.4 is 20.5 Å². The molecule has 0 spiro atoms. The number of amides is 2. The highest BCUT2D eigenvalue weighted by molar-refractivity contribution is 6.32. The van der Waals surface area contributed by atoms with Crippen LogP contribution in [0, 0.1) is 0 Å². The Balaban J connectivity index is 2.27. The molecule has 0 aliphatic carbocycles. The molecule has 2 amide bonds. The lowest BCUT2D eigenvalue weighted by molar-refractivity contribution is 0.0995. The van der Waals surface area contributed by atoms with E-state index < -0.39 is 5.91 Å². The molecule has 0 saturated carbocycles. The molecule has 120 valence electrons. The zero-order valence-corrected chi connectivity index (χ0v) is 13.3. The molecule has 2 aromatic carbocycles. The highest BCUT2D eigenvalue weighted by Gasteiger charge is 2.14. The first-order valence-corrected chi connectivity index (χ1v) is 6.96. The van der Waals surface area contributed by atoms with E-state index in [0.29, 0.717) is 33.3 Å². The van der Waals surface area contributed by atoms with Crippen molar-refractivity contribution in [1.82, 2.24) is 0 Å². The van der Waals surface area contributed by atoms with Gasteiger partial charge in [0.05, 0.1) is 24.9 Å². The number of halogens is 1. The quantitative estimate of drug-likeness (QED) is 0.879. The summed E-state index contributed by atoms with van der Waals surface area (Å²) in [5, 5.41) is 3.08. The van der Waals surface area contributed by atoms with Crippen molar-refractivity contribution in [1.29, 1.82) is 0 Å². The number of primary amides is 1. The summed E-state index contributed by atoms with van der Waals surface area (Å²) >= 11 is 6.02. The molecule has 0 aliphatic heterocycles. The fourth-order valence-electron chi connectivity index (χ4n) is 1.94. The molecule has 7 heteroatoms. The number of hydrogen-bond acceptors (Lipinski definition) is 4. The van der Waals surface area contributed by atoms with Crippen molar-refractivity contribution in [3.63, 3.8) is 0 Å². The van der Waals surface area contributed by atoms with E-state index in [9.17, 15) is 9.59 Å². The number of anilines is 1. The van der Waals surface area contributed by atoms with E-state index >= 15 is 0 Å². The van der Waals surface area contributed by atoms with Crippen molar-refractivity contribution in [3.05, 3.63) is 52.5 Å². The minimum atomic E-state index is -0.555. The Morgan fingerprint density at radius 1 is 1.00 bits per heavy atom. The summed E-state index contributed by atoms with van der Waals surface area (Å²) in [4.78, 5) is 23.3. The molecule has 23 heavy (non-hydrogen) atoms. The third-order valence-electron chi connectivity index (χ3n) is 3.15. The minimum absolute atomic E-state index is 0.326. The van der Waals surface area contributed by atoms with E-state index in [1.165, 1.54) is 38.5 Å². The molecule has 0 fully saturated rings. The van der Waals surface area contributed by atoms with Crippen molar-refractivity contribution < 1.29 is 19.1 Å². The number of methoxy groups -OCH3 is 2. The third kappa shape index (κ3) is 3.73. The molecular formula is C16H15ClN2O4.